The first-order chi connectivity index (χ1) is 8.10. The molecule has 0 aliphatic carbocycles. The van der Waals surface area contributed by atoms with Crippen molar-refractivity contribution < 1.29 is 4.74 Å². The van der Waals surface area contributed by atoms with Crippen LogP contribution in [0.1, 0.15) is 32.6 Å². The Kier molecular flexibility index (Phi) is 4.05. The lowest BCUT2D eigenvalue weighted by atomic mass is 9.79. The van der Waals surface area contributed by atoms with Crippen LogP contribution in [0.25, 0.3) is 0 Å². The lowest BCUT2D eigenvalue weighted by Gasteiger charge is -2.40. The van der Waals surface area contributed by atoms with Gasteiger partial charge in [0.25, 0.3) is 0 Å². The number of ether oxygens (including phenoxy) is 1. The Morgan fingerprint density at radius 2 is 1.94 bits per heavy atom. The van der Waals surface area contributed by atoms with Gasteiger partial charge in [0, 0.05) is 25.2 Å². The van der Waals surface area contributed by atoms with Gasteiger partial charge in [-0.05, 0) is 44.7 Å². The SMILES string of the molecule is CC1(C(=N)N)CCN(CC2CCOCC2)CC1. The largest absolute Gasteiger partial charge is 0.387 e. The molecule has 2 saturated heterocycles. The van der Waals surface area contributed by atoms with Crippen molar-refractivity contribution in [1.82, 2.24) is 4.90 Å². The third-order valence-corrected chi connectivity index (χ3v) is 4.47. The van der Waals surface area contributed by atoms with Gasteiger partial charge in [0.15, 0.2) is 0 Å². The van der Waals surface area contributed by atoms with Crippen molar-refractivity contribution in [2.75, 3.05) is 32.8 Å². The van der Waals surface area contributed by atoms with Crippen molar-refractivity contribution in [2.45, 2.75) is 32.6 Å². The van der Waals surface area contributed by atoms with Crippen LogP contribution in [0, 0.1) is 16.7 Å². The summed E-state index contributed by atoms with van der Waals surface area (Å²) in [6.07, 6.45) is 4.48. The van der Waals surface area contributed by atoms with E-state index in [1.807, 2.05) is 0 Å². The van der Waals surface area contributed by atoms with Crippen molar-refractivity contribution >= 4 is 5.84 Å². The molecule has 2 fully saturated rings. The van der Waals surface area contributed by atoms with E-state index in [2.05, 4.69) is 11.8 Å². The number of hydrogen-bond acceptors (Lipinski definition) is 3. The number of rotatable bonds is 3. The molecular weight excluding hydrogens is 214 g/mol. The molecule has 0 amide bonds. The maximum atomic E-state index is 7.65. The fraction of sp³-hybridized carbons (Fsp3) is 0.923. The molecule has 17 heavy (non-hydrogen) atoms. The van der Waals surface area contributed by atoms with Crippen LogP contribution in [0.15, 0.2) is 0 Å². The molecule has 4 nitrogen and oxygen atoms in total. The van der Waals surface area contributed by atoms with Gasteiger partial charge in [0.1, 0.15) is 0 Å². The Morgan fingerprint density at radius 3 is 2.47 bits per heavy atom. The minimum absolute atomic E-state index is 0.0494. The summed E-state index contributed by atoms with van der Waals surface area (Å²) in [6, 6.07) is 0. The molecule has 2 heterocycles. The van der Waals surface area contributed by atoms with Crippen LogP contribution in [-0.4, -0.2) is 43.6 Å². The Balaban J connectivity index is 1.77. The summed E-state index contributed by atoms with van der Waals surface area (Å²) < 4.78 is 5.39. The van der Waals surface area contributed by atoms with Gasteiger partial charge in [0.2, 0.25) is 0 Å². The molecule has 0 aromatic carbocycles. The summed E-state index contributed by atoms with van der Waals surface area (Å²) in [5.74, 6) is 1.17. The smallest absolute Gasteiger partial charge is 0.0966 e. The molecule has 2 aliphatic rings. The second-order valence-corrected chi connectivity index (χ2v) is 5.83. The van der Waals surface area contributed by atoms with Gasteiger partial charge < -0.3 is 15.4 Å². The topological polar surface area (TPSA) is 62.3 Å². The van der Waals surface area contributed by atoms with Crippen molar-refractivity contribution in [2.24, 2.45) is 17.1 Å². The number of hydrogen-bond donors (Lipinski definition) is 2. The van der Waals surface area contributed by atoms with Crippen LogP contribution in [0.5, 0.6) is 0 Å². The molecule has 98 valence electrons. The Morgan fingerprint density at radius 1 is 1.35 bits per heavy atom. The van der Waals surface area contributed by atoms with Crippen LogP contribution in [0.4, 0.5) is 0 Å². The zero-order valence-corrected chi connectivity index (χ0v) is 10.9. The third-order valence-electron chi connectivity index (χ3n) is 4.47. The molecule has 0 aromatic heterocycles. The van der Waals surface area contributed by atoms with Gasteiger partial charge in [-0.2, -0.15) is 0 Å². The zero-order chi connectivity index (χ0) is 12.3. The fourth-order valence-electron chi connectivity index (χ4n) is 2.79. The molecule has 0 spiro atoms. The second-order valence-electron chi connectivity index (χ2n) is 5.83. The summed E-state index contributed by atoms with van der Waals surface area (Å²) in [6.45, 7) is 7.38. The Bertz CT molecular complexity index is 266. The molecule has 0 atom stereocenters. The zero-order valence-electron chi connectivity index (χ0n) is 10.9. The fourth-order valence-corrected chi connectivity index (χ4v) is 2.79. The van der Waals surface area contributed by atoms with Gasteiger partial charge in [0.05, 0.1) is 5.84 Å². The quantitative estimate of drug-likeness (QED) is 0.579. The van der Waals surface area contributed by atoms with Crippen LogP contribution in [0.3, 0.4) is 0 Å². The van der Waals surface area contributed by atoms with Crippen LogP contribution < -0.4 is 5.73 Å². The van der Waals surface area contributed by atoms with E-state index in [-0.39, 0.29) is 5.41 Å². The average molecular weight is 239 g/mol. The molecule has 0 aromatic rings. The van der Waals surface area contributed by atoms with Gasteiger partial charge in [-0.25, -0.2) is 0 Å². The van der Waals surface area contributed by atoms with Gasteiger partial charge in [-0.3, -0.25) is 5.41 Å². The number of amidine groups is 1. The molecule has 2 aliphatic heterocycles. The van der Waals surface area contributed by atoms with E-state index in [0.717, 1.165) is 45.1 Å². The molecular formula is C13H25N3O. The molecule has 0 bridgehead atoms. The highest BCUT2D eigenvalue weighted by Gasteiger charge is 2.33. The third kappa shape index (κ3) is 3.19. The van der Waals surface area contributed by atoms with Gasteiger partial charge >= 0.3 is 0 Å². The summed E-state index contributed by atoms with van der Waals surface area (Å²) >= 11 is 0. The van der Waals surface area contributed by atoms with Crippen molar-refractivity contribution in [3.05, 3.63) is 0 Å². The van der Waals surface area contributed by atoms with Crippen LogP contribution >= 0.6 is 0 Å². The Labute approximate surface area is 104 Å². The van der Waals surface area contributed by atoms with Gasteiger partial charge in [-0.15, -0.1) is 0 Å². The highest BCUT2D eigenvalue weighted by Crippen LogP contribution is 2.31. The Hall–Kier alpha value is -0.610. The maximum Gasteiger partial charge on any atom is 0.0966 e. The van der Waals surface area contributed by atoms with Crippen LogP contribution in [-0.2, 0) is 4.74 Å². The number of likely N-dealkylation sites (tertiary alicyclic amines) is 1. The number of nitrogens with two attached hydrogens (primary N) is 1. The molecule has 2 rings (SSSR count). The lowest BCUT2D eigenvalue weighted by molar-refractivity contribution is 0.0447. The van der Waals surface area contributed by atoms with Gasteiger partial charge in [-0.1, -0.05) is 6.92 Å². The minimum Gasteiger partial charge on any atom is -0.387 e. The van der Waals surface area contributed by atoms with E-state index < -0.39 is 0 Å². The predicted molar refractivity (Wildman–Crippen MR) is 69.2 cm³/mol. The lowest BCUT2D eigenvalue weighted by Crippen LogP contribution is -2.46. The molecule has 0 radical (unpaired) electrons. The maximum absolute atomic E-state index is 7.65. The molecule has 3 N–H and O–H groups in total. The predicted octanol–water partition coefficient (Wildman–Crippen LogP) is 1.45. The molecule has 4 heteroatoms. The molecule has 0 saturated carbocycles. The summed E-state index contributed by atoms with van der Waals surface area (Å²) in [5.41, 5.74) is 5.63. The van der Waals surface area contributed by atoms with E-state index in [1.165, 1.54) is 19.4 Å². The summed E-state index contributed by atoms with van der Waals surface area (Å²) in [7, 11) is 0. The van der Waals surface area contributed by atoms with E-state index in [1.54, 1.807) is 0 Å². The van der Waals surface area contributed by atoms with E-state index >= 15 is 0 Å². The number of piperidine rings is 1. The minimum atomic E-state index is -0.0494. The number of nitrogens with zero attached hydrogens (tertiary/aromatic N) is 1. The number of nitrogens with one attached hydrogen (secondary N) is 1. The van der Waals surface area contributed by atoms with Crippen molar-refractivity contribution in [3.63, 3.8) is 0 Å². The van der Waals surface area contributed by atoms with Crippen molar-refractivity contribution in [1.29, 1.82) is 5.41 Å². The average Bonchev–Trinajstić information content (AvgIpc) is 2.33. The highest BCUT2D eigenvalue weighted by molar-refractivity contribution is 5.83. The van der Waals surface area contributed by atoms with Crippen molar-refractivity contribution in [3.8, 4) is 0 Å². The summed E-state index contributed by atoms with van der Waals surface area (Å²) in [4.78, 5) is 2.54. The second kappa shape index (κ2) is 5.36. The summed E-state index contributed by atoms with van der Waals surface area (Å²) in [5, 5.41) is 7.65. The first-order valence-electron chi connectivity index (χ1n) is 6.75. The van der Waals surface area contributed by atoms with E-state index in [9.17, 15) is 0 Å². The first kappa shape index (κ1) is 12.8. The van der Waals surface area contributed by atoms with E-state index in [0.29, 0.717) is 5.84 Å². The highest BCUT2D eigenvalue weighted by atomic mass is 16.5. The monoisotopic (exact) mass is 239 g/mol. The molecule has 0 unspecified atom stereocenters. The normalized spacial score (nSPS) is 26.9. The van der Waals surface area contributed by atoms with Crippen LogP contribution in [0.2, 0.25) is 0 Å². The first-order valence-corrected chi connectivity index (χ1v) is 6.75. The van der Waals surface area contributed by atoms with E-state index in [4.69, 9.17) is 15.9 Å². The standard InChI is InChI=1S/C13H25N3O/c1-13(12(14)15)4-6-16(7-5-13)10-11-2-8-17-9-3-11/h11H,2-10H2,1H3,(H3,14,15).